The van der Waals surface area contributed by atoms with Gasteiger partial charge in [-0.3, -0.25) is 0 Å². The van der Waals surface area contributed by atoms with E-state index >= 15 is 0 Å². The number of H-pyrrole nitrogens is 1. The number of methoxy groups -OCH3 is 1. The second kappa shape index (κ2) is 5.75. The van der Waals surface area contributed by atoms with Gasteiger partial charge in [0.2, 0.25) is 0 Å². The van der Waals surface area contributed by atoms with Crippen LogP contribution in [0.25, 0.3) is 21.9 Å². The van der Waals surface area contributed by atoms with Gasteiger partial charge in [0.25, 0.3) is 0 Å². The Labute approximate surface area is 139 Å². The molecule has 2 heterocycles. The number of carbonyl (C=O) groups is 1. The predicted molar refractivity (Wildman–Crippen MR) is 85.2 cm³/mol. The highest BCUT2D eigenvalue weighted by Crippen LogP contribution is 2.43. The first-order chi connectivity index (χ1) is 11.0. The molecule has 0 bridgehead atoms. The zero-order valence-electron chi connectivity index (χ0n) is 12.0. The average Bonchev–Trinajstić information content (AvgIpc) is 2.91. The molecule has 1 amide bonds. The van der Waals surface area contributed by atoms with Crippen molar-refractivity contribution in [3.63, 3.8) is 0 Å². The highest BCUT2D eigenvalue weighted by Gasteiger charge is 2.23. The number of ether oxygens (including phenoxy) is 2. The molecule has 0 atom stereocenters. The summed E-state index contributed by atoms with van der Waals surface area (Å²) in [6.07, 6.45) is 0.621. The minimum Gasteiger partial charge on any atom is -0.493 e. The fourth-order valence-electron chi connectivity index (χ4n) is 2.31. The maximum atomic E-state index is 14.3. The van der Waals surface area contributed by atoms with Crippen LogP contribution in [-0.4, -0.2) is 30.2 Å². The summed E-state index contributed by atoms with van der Waals surface area (Å²) in [5, 5.41) is 3.36. The summed E-state index contributed by atoms with van der Waals surface area (Å²) in [5.74, 6) is -0.792. The van der Waals surface area contributed by atoms with Crippen molar-refractivity contribution in [1.82, 2.24) is 15.3 Å². The van der Waals surface area contributed by atoms with E-state index in [2.05, 4.69) is 15.3 Å². The highest BCUT2D eigenvalue weighted by atomic mass is 35.5. The summed E-state index contributed by atoms with van der Waals surface area (Å²) in [6.45, 7) is 0. The number of fused-ring (bicyclic) bond motifs is 3. The Hall–Kier alpha value is -2.25. The van der Waals surface area contributed by atoms with Crippen LogP contribution < -0.4 is 14.8 Å². The Balaban J connectivity index is 2.45. The van der Waals surface area contributed by atoms with Crippen molar-refractivity contribution in [2.75, 3.05) is 14.2 Å². The van der Waals surface area contributed by atoms with Crippen molar-refractivity contribution in [1.29, 1.82) is 0 Å². The summed E-state index contributed by atoms with van der Waals surface area (Å²) in [4.78, 5) is 18.5. The average molecular weight is 358 g/mol. The normalized spacial score (nSPS) is 11.0. The summed E-state index contributed by atoms with van der Waals surface area (Å²) >= 11 is 12.2. The molecule has 0 radical (unpaired) electrons. The maximum Gasteiger partial charge on any atom is 0.412 e. The first-order valence-electron chi connectivity index (χ1n) is 6.39. The SMILES string of the molecule is CNC(=O)Oc1cc(F)c(OC)c2c1[nH]c1ncc(Cl)c(Cl)c12. The van der Waals surface area contributed by atoms with Crippen LogP contribution in [0.4, 0.5) is 9.18 Å². The molecule has 0 aliphatic heterocycles. The van der Waals surface area contributed by atoms with E-state index in [4.69, 9.17) is 32.7 Å². The van der Waals surface area contributed by atoms with Crippen molar-refractivity contribution in [2.24, 2.45) is 0 Å². The van der Waals surface area contributed by atoms with Crippen LogP contribution in [0, 0.1) is 5.82 Å². The third-order valence-electron chi connectivity index (χ3n) is 3.28. The van der Waals surface area contributed by atoms with E-state index in [0.29, 0.717) is 21.9 Å². The quantitative estimate of drug-likeness (QED) is 0.729. The van der Waals surface area contributed by atoms with E-state index < -0.39 is 11.9 Å². The molecule has 0 fully saturated rings. The van der Waals surface area contributed by atoms with Gasteiger partial charge in [0, 0.05) is 19.3 Å². The second-order valence-corrected chi connectivity index (χ2v) is 5.33. The lowest BCUT2D eigenvalue weighted by molar-refractivity contribution is 0.203. The van der Waals surface area contributed by atoms with E-state index in [0.717, 1.165) is 6.07 Å². The Morgan fingerprint density at radius 1 is 1.39 bits per heavy atom. The second-order valence-electron chi connectivity index (χ2n) is 4.55. The molecule has 0 spiro atoms. The van der Waals surface area contributed by atoms with Crippen molar-refractivity contribution in [3.05, 3.63) is 28.1 Å². The molecule has 0 saturated heterocycles. The first-order valence-corrected chi connectivity index (χ1v) is 7.15. The number of amides is 1. The van der Waals surface area contributed by atoms with E-state index in [1.165, 1.54) is 20.4 Å². The fraction of sp³-hybridized carbons (Fsp3) is 0.143. The summed E-state index contributed by atoms with van der Waals surface area (Å²) in [6, 6.07) is 1.04. The summed E-state index contributed by atoms with van der Waals surface area (Å²) in [7, 11) is 2.71. The minimum absolute atomic E-state index is 0.0251. The molecule has 0 saturated carbocycles. The highest BCUT2D eigenvalue weighted by molar-refractivity contribution is 6.46. The number of rotatable bonds is 2. The van der Waals surface area contributed by atoms with Gasteiger partial charge in [0.1, 0.15) is 5.65 Å². The standard InChI is InChI=1S/C14H10Cl2FN3O3/c1-18-14(21)23-7-3-6(17)12(22-2)9-8-10(16)5(15)4-19-13(8)20-11(7)9/h3-4H,1-2H3,(H,18,21)(H,19,20). The molecule has 6 nitrogen and oxygen atoms in total. The molecule has 3 rings (SSSR count). The molecule has 120 valence electrons. The Bertz CT molecular complexity index is 942. The fourth-order valence-corrected chi connectivity index (χ4v) is 2.69. The minimum atomic E-state index is -0.744. The maximum absolute atomic E-state index is 14.3. The molecule has 1 aromatic carbocycles. The molecule has 0 aliphatic rings. The van der Waals surface area contributed by atoms with Crippen molar-refractivity contribution < 1.29 is 18.7 Å². The molecule has 2 N–H and O–H groups in total. The molecule has 2 aromatic heterocycles. The number of benzene rings is 1. The number of nitrogens with one attached hydrogen (secondary N) is 2. The predicted octanol–water partition coefficient (Wildman–Crippen LogP) is 3.89. The zero-order valence-corrected chi connectivity index (χ0v) is 13.5. The molecule has 0 unspecified atom stereocenters. The van der Waals surface area contributed by atoms with Gasteiger partial charge in [-0.2, -0.15) is 0 Å². The van der Waals surface area contributed by atoms with Crippen LogP contribution in [0.2, 0.25) is 10.0 Å². The van der Waals surface area contributed by atoms with Crippen LogP contribution >= 0.6 is 23.2 Å². The third kappa shape index (κ3) is 2.42. The number of pyridine rings is 1. The lowest BCUT2D eigenvalue weighted by Crippen LogP contribution is -2.22. The molecule has 23 heavy (non-hydrogen) atoms. The van der Waals surface area contributed by atoms with Crippen LogP contribution in [-0.2, 0) is 0 Å². The smallest absolute Gasteiger partial charge is 0.412 e. The van der Waals surface area contributed by atoms with Gasteiger partial charge in [-0.05, 0) is 0 Å². The number of hydrogen-bond acceptors (Lipinski definition) is 4. The van der Waals surface area contributed by atoms with Crippen LogP contribution in [0.15, 0.2) is 12.3 Å². The van der Waals surface area contributed by atoms with Gasteiger partial charge in [0.15, 0.2) is 17.3 Å². The third-order valence-corrected chi connectivity index (χ3v) is 4.05. The lowest BCUT2D eigenvalue weighted by Gasteiger charge is -2.09. The van der Waals surface area contributed by atoms with Gasteiger partial charge in [-0.15, -0.1) is 0 Å². The zero-order chi connectivity index (χ0) is 16.7. The van der Waals surface area contributed by atoms with Gasteiger partial charge in [-0.25, -0.2) is 14.2 Å². The topological polar surface area (TPSA) is 76.2 Å². The molecule has 9 heteroatoms. The Kier molecular flexibility index (Phi) is 3.91. The Morgan fingerprint density at radius 3 is 2.78 bits per heavy atom. The van der Waals surface area contributed by atoms with Crippen molar-refractivity contribution in [2.45, 2.75) is 0 Å². The number of aromatic nitrogens is 2. The number of carbonyl (C=O) groups excluding carboxylic acids is 1. The molecular weight excluding hydrogens is 348 g/mol. The molecule has 0 aliphatic carbocycles. The number of aromatic amines is 1. The van der Waals surface area contributed by atoms with E-state index in [1.807, 2.05) is 0 Å². The van der Waals surface area contributed by atoms with Crippen molar-refractivity contribution >= 4 is 51.2 Å². The first kappa shape index (κ1) is 15.6. The molecular formula is C14H10Cl2FN3O3. The monoisotopic (exact) mass is 357 g/mol. The van der Waals surface area contributed by atoms with Crippen LogP contribution in [0.1, 0.15) is 0 Å². The summed E-state index contributed by atoms with van der Waals surface area (Å²) in [5.41, 5.74) is 0.679. The van der Waals surface area contributed by atoms with E-state index in [-0.39, 0.29) is 21.5 Å². The van der Waals surface area contributed by atoms with Crippen LogP contribution in [0.5, 0.6) is 11.5 Å². The number of halogens is 3. The number of hydrogen-bond donors (Lipinski definition) is 2. The van der Waals surface area contributed by atoms with Gasteiger partial charge >= 0.3 is 6.09 Å². The van der Waals surface area contributed by atoms with Gasteiger partial charge < -0.3 is 19.8 Å². The largest absolute Gasteiger partial charge is 0.493 e. The molecule has 3 aromatic rings. The van der Waals surface area contributed by atoms with Crippen LogP contribution in [0.3, 0.4) is 0 Å². The van der Waals surface area contributed by atoms with Gasteiger partial charge in [0.05, 0.1) is 33.4 Å². The van der Waals surface area contributed by atoms with Gasteiger partial charge in [-0.1, -0.05) is 23.2 Å². The van der Waals surface area contributed by atoms with E-state index in [9.17, 15) is 9.18 Å². The summed E-state index contributed by atoms with van der Waals surface area (Å²) < 4.78 is 24.5. The van der Waals surface area contributed by atoms with E-state index in [1.54, 1.807) is 0 Å². The number of nitrogens with zero attached hydrogens (tertiary/aromatic N) is 1. The van der Waals surface area contributed by atoms with Crippen molar-refractivity contribution in [3.8, 4) is 11.5 Å². The Morgan fingerprint density at radius 2 is 2.13 bits per heavy atom. The lowest BCUT2D eigenvalue weighted by atomic mass is 10.1.